The van der Waals surface area contributed by atoms with Gasteiger partial charge in [-0.05, 0) is 54.0 Å². The molecule has 1 saturated carbocycles. The first-order valence-corrected chi connectivity index (χ1v) is 8.63. The molecule has 2 aromatic carbocycles. The molecule has 1 N–H and O–H groups in total. The fraction of sp³-hybridized carbons (Fsp3) is 0.368. The number of benzene rings is 2. The lowest BCUT2D eigenvalue weighted by Crippen LogP contribution is -2.20. The molecule has 0 radical (unpaired) electrons. The molecule has 3 rings (SSSR count). The summed E-state index contributed by atoms with van der Waals surface area (Å²) < 4.78 is 1.14. The van der Waals surface area contributed by atoms with Crippen LogP contribution < -0.4 is 5.32 Å². The van der Waals surface area contributed by atoms with Crippen LogP contribution in [0.15, 0.2) is 53.0 Å². The summed E-state index contributed by atoms with van der Waals surface area (Å²) in [6, 6.07) is 18.2. The van der Waals surface area contributed by atoms with Crippen molar-refractivity contribution in [3.8, 4) is 0 Å². The Morgan fingerprint density at radius 2 is 1.71 bits per heavy atom. The van der Waals surface area contributed by atoms with E-state index in [2.05, 4.69) is 76.7 Å². The second-order valence-corrected chi connectivity index (χ2v) is 6.82. The van der Waals surface area contributed by atoms with Crippen LogP contribution in [0.25, 0.3) is 0 Å². The number of nitrogens with one attached hydrogen (secondary N) is 1. The average molecular weight is 344 g/mol. The van der Waals surface area contributed by atoms with Gasteiger partial charge in [-0.25, -0.2) is 0 Å². The summed E-state index contributed by atoms with van der Waals surface area (Å²) in [6.45, 7) is 3.16. The molecule has 2 aromatic rings. The Hall–Kier alpha value is -1.12. The average Bonchev–Trinajstić information content (AvgIpc) is 3.35. The van der Waals surface area contributed by atoms with Crippen LogP contribution in [0, 0.1) is 0 Å². The van der Waals surface area contributed by atoms with Crippen LogP contribution in [-0.2, 0) is 6.54 Å². The molecule has 1 nitrogen and oxygen atoms in total. The Bertz CT molecular complexity index is 570. The quantitative estimate of drug-likeness (QED) is 0.723. The van der Waals surface area contributed by atoms with E-state index in [-0.39, 0.29) is 0 Å². The molecule has 0 heterocycles. The zero-order valence-corrected chi connectivity index (χ0v) is 14.1. The molecule has 1 fully saturated rings. The predicted molar refractivity (Wildman–Crippen MR) is 92.4 cm³/mol. The smallest absolute Gasteiger partial charge is 0.0320 e. The highest BCUT2D eigenvalue weighted by atomic mass is 79.9. The third-order valence-corrected chi connectivity index (χ3v) is 4.79. The van der Waals surface area contributed by atoms with Gasteiger partial charge >= 0.3 is 0 Å². The number of hydrogen-bond acceptors (Lipinski definition) is 1. The van der Waals surface area contributed by atoms with Gasteiger partial charge in [-0.15, -0.1) is 0 Å². The minimum absolute atomic E-state index is 0.418. The monoisotopic (exact) mass is 343 g/mol. The minimum Gasteiger partial charge on any atom is -0.306 e. The third-order valence-electron chi connectivity index (χ3n) is 4.26. The van der Waals surface area contributed by atoms with Crippen LogP contribution >= 0.6 is 15.9 Å². The number of halogens is 1. The molecule has 0 spiro atoms. The highest BCUT2D eigenvalue weighted by molar-refractivity contribution is 9.10. The van der Waals surface area contributed by atoms with E-state index in [1.807, 2.05) is 0 Å². The van der Waals surface area contributed by atoms with Gasteiger partial charge in [0.25, 0.3) is 0 Å². The number of rotatable bonds is 6. The summed E-state index contributed by atoms with van der Waals surface area (Å²) in [5, 5.41) is 3.67. The molecule has 21 heavy (non-hydrogen) atoms. The fourth-order valence-corrected chi connectivity index (χ4v) is 3.02. The first-order valence-electron chi connectivity index (χ1n) is 7.84. The highest BCUT2D eigenvalue weighted by Gasteiger charge is 2.22. The van der Waals surface area contributed by atoms with Gasteiger partial charge in [-0.2, -0.15) is 0 Å². The molecular weight excluding hydrogens is 322 g/mol. The van der Waals surface area contributed by atoms with Crippen molar-refractivity contribution in [3.05, 3.63) is 69.7 Å². The summed E-state index contributed by atoms with van der Waals surface area (Å²) in [6.07, 6.45) is 3.85. The van der Waals surface area contributed by atoms with Crippen molar-refractivity contribution >= 4 is 15.9 Å². The predicted octanol–water partition coefficient (Wildman–Crippen LogP) is 5.57. The lowest BCUT2D eigenvalue weighted by atomic mass is 10.0. The normalized spacial score (nSPS) is 15.9. The second-order valence-electron chi connectivity index (χ2n) is 5.91. The van der Waals surface area contributed by atoms with E-state index in [4.69, 9.17) is 0 Å². The summed E-state index contributed by atoms with van der Waals surface area (Å²) in [7, 11) is 0. The molecule has 1 atom stereocenters. The zero-order valence-electron chi connectivity index (χ0n) is 12.5. The largest absolute Gasteiger partial charge is 0.306 e. The van der Waals surface area contributed by atoms with E-state index in [1.165, 1.54) is 29.5 Å². The maximum atomic E-state index is 3.67. The Morgan fingerprint density at radius 1 is 1.05 bits per heavy atom. The van der Waals surface area contributed by atoms with Crippen molar-refractivity contribution in [1.29, 1.82) is 0 Å². The van der Waals surface area contributed by atoms with Crippen molar-refractivity contribution in [1.82, 2.24) is 5.32 Å². The van der Waals surface area contributed by atoms with Crippen molar-refractivity contribution in [3.63, 3.8) is 0 Å². The summed E-state index contributed by atoms with van der Waals surface area (Å²) in [5.41, 5.74) is 4.24. The van der Waals surface area contributed by atoms with Crippen molar-refractivity contribution in [2.75, 3.05) is 0 Å². The van der Waals surface area contributed by atoms with Gasteiger partial charge in [-0.1, -0.05) is 59.3 Å². The van der Waals surface area contributed by atoms with Gasteiger partial charge in [0.2, 0.25) is 0 Å². The van der Waals surface area contributed by atoms with Crippen LogP contribution in [0.2, 0.25) is 0 Å². The topological polar surface area (TPSA) is 12.0 Å². The maximum Gasteiger partial charge on any atom is 0.0320 e. The van der Waals surface area contributed by atoms with E-state index in [9.17, 15) is 0 Å². The Balaban J connectivity index is 1.60. The third kappa shape index (κ3) is 3.96. The van der Waals surface area contributed by atoms with Gasteiger partial charge in [0, 0.05) is 17.1 Å². The molecule has 1 aliphatic rings. The van der Waals surface area contributed by atoms with Gasteiger partial charge in [0.15, 0.2) is 0 Å². The second kappa shape index (κ2) is 6.76. The molecule has 0 aromatic heterocycles. The standard InChI is InChI=1S/C19H22BrN/c1-2-19(17-9-11-18(20)12-10-17)21-13-14-3-5-15(6-4-14)16-7-8-16/h3-6,9-12,16,19,21H,2,7-8,13H2,1H3. The van der Waals surface area contributed by atoms with Crippen LogP contribution in [0.1, 0.15) is 54.8 Å². The first kappa shape index (κ1) is 14.8. The van der Waals surface area contributed by atoms with Crippen LogP contribution in [0.5, 0.6) is 0 Å². The molecule has 0 amide bonds. The zero-order chi connectivity index (χ0) is 14.7. The maximum absolute atomic E-state index is 3.67. The van der Waals surface area contributed by atoms with E-state index in [0.29, 0.717) is 6.04 Å². The van der Waals surface area contributed by atoms with E-state index in [0.717, 1.165) is 23.4 Å². The molecule has 2 heteroatoms. The van der Waals surface area contributed by atoms with E-state index in [1.54, 1.807) is 0 Å². The number of hydrogen-bond donors (Lipinski definition) is 1. The van der Waals surface area contributed by atoms with Crippen LogP contribution in [-0.4, -0.2) is 0 Å². The van der Waals surface area contributed by atoms with Gasteiger partial charge in [-0.3, -0.25) is 0 Å². The lowest BCUT2D eigenvalue weighted by molar-refractivity contribution is 0.519. The molecule has 1 aliphatic carbocycles. The van der Waals surface area contributed by atoms with Crippen molar-refractivity contribution < 1.29 is 0 Å². The highest BCUT2D eigenvalue weighted by Crippen LogP contribution is 2.39. The minimum atomic E-state index is 0.418. The van der Waals surface area contributed by atoms with Crippen LogP contribution in [0.4, 0.5) is 0 Å². The first-order chi connectivity index (χ1) is 10.3. The summed E-state index contributed by atoms with van der Waals surface area (Å²) >= 11 is 3.50. The molecule has 0 saturated heterocycles. The molecule has 1 unspecified atom stereocenters. The summed E-state index contributed by atoms with van der Waals surface area (Å²) in [4.78, 5) is 0. The molecule has 0 aliphatic heterocycles. The molecule has 110 valence electrons. The summed E-state index contributed by atoms with van der Waals surface area (Å²) in [5.74, 6) is 0.846. The van der Waals surface area contributed by atoms with Crippen molar-refractivity contribution in [2.24, 2.45) is 0 Å². The lowest BCUT2D eigenvalue weighted by Gasteiger charge is -2.18. The molecular formula is C19H22BrN. The van der Waals surface area contributed by atoms with Gasteiger partial charge in [0.1, 0.15) is 0 Å². The van der Waals surface area contributed by atoms with Gasteiger partial charge in [0.05, 0.1) is 0 Å². The molecule has 0 bridgehead atoms. The SMILES string of the molecule is CCC(NCc1ccc(C2CC2)cc1)c1ccc(Br)cc1. The van der Waals surface area contributed by atoms with Gasteiger partial charge < -0.3 is 5.32 Å². The Labute approximate surface area is 135 Å². The van der Waals surface area contributed by atoms with E-state index >= 15 is 0 Å². The fourth-order valence-electron chi connectivity index (χ4n) is 2.76. The van der Waals surface area contributed by atoms with Crippen LogP contribution in [0.3, 0.4) is 0 Å². The van der Waals surface area contributed by atoms with E-state index < -0.39 is 0 Å². The van der Waals surface area contributed by atoms with Crippen molar-refractivity contribution in [2.45, 2.75) is 44.7 Å². The Kier molecular flexibility index (Phi) is 4.77. The Morgan fingerprint density at radius 3 is 2.29 bits per heavy atom.